The number of para-hydroxylation sites is 1. The van der Waals surface area contributed by atoms with Gasteiger partial charge in [-0.15, -0.1) is 0 Å². The number of ether oxygens (including phenoxy) is 1. The van der Waals surface area contributed by atoms with E-state index in [1.165, 1.54) is 16.4 Å². The number of benzene rings is 2. The number of nitro benzene ring substituents is 1. The summed E-state index contributed by atoms with van der Waals surface area (Å²) < 4.78 is 33.3. The van der Waals surface area contributed by atoms with E-state index in [1.807, 2.05) is 4.90 Å². The molecule has 0 radical (unpaired) electrons. The first kappa shape index (κ1) is 24.0. The number of hydrogen-bond donors (Lipinski definition) is 0. The van der Waals surface area contributed by atoms with E-state index in [2.05, 4.69) is 0 Å². The lowest BCUT2D eigenvalue weighted by molar-refractivity contribution is -0.384. The number of sulfonamides is 1. The lowest BCUT2D eigenvalue weighted by Crippen LogP contribution is -2.51. The number of nitro groups is 1. The molecule has 1 unspecified atom stereocenters. The van der Waals surface area contributed by atoms with Gasteiger partial charge in [-0.1, -0.05) is 18.2 Å². The highest BCUT2D eigenvalue weighted by atomic mass is 32.2. The van der Waals surface area contributed by atoms with Gasteiger partial charge in [0, 0.05) is 45.4 Å². The number of carbonyl (C=O) groups excluding carboxylic acids is 1. The first-order chi connectivity index (χ1) is 16.3. The molecule has 2 aliphatic heterocycles. The molecule has 0 saturated carbocycles. The predicted octanol–water partition coefficient (Wildman–Crippen LogP) is 2.64. The Labute approximate surface area is 198 Å². The smallest absolute Gasteiger partial charge is 0.293 e. The van der Waals surface area contributed by atoms with Gasteiger partial charge in [-0.3, -0.25) is 19.2 Å². The molecule has 0 spiro atoms. The summed E-state index contributed by atoms with van der Waals surface area (Å²) in [7, 11) is -3.99. The molecule has 182 valence electrons. The maximum atomic E-state index is 13.3. The van der Waals surface area contributed by atoms with Gasteiger partial charge in [0.1, 0.15) is 11.8 Å². The van der Waals surface area contributed by atoms with Crippen molar-refractivity contribution in [3.63, 3.8) is 0 Å². The molecule has 2 fully saturated rings. The number of hydrogen-bond acceptors (Lipinski definition) is 7. The predicted molar refractivity (Wildman–Crippen MR) is 128 cm³/mol. The number of rotatable bonds is 7. The minimum absolute atomic E-state index is 0.0336. The zero-order chi connectivity index (χ0) is 24.3. The molecule has 10 nitrogen and oxygen atoms in total. The maximum Gasteiger partial charge on any atom is 0.293 e. The third-order valence-electron chi connectivity index (χ3n) is 6.20. The van der Waals surface area contributed by atoms with E-state index in [1.54, 1.807) is 42.2 Å². The Balaban J connectivity index is 1.55. The average molecular weight is 489 g/mol. The molecule has 0 aliphatic carbocycles. The molecule has 0 aromatic heterocycles. The van der Waals surface area contributed by atoms with Crippen LogP contribution in [0.3, 0.4) is 0 Å². The van der Waals surface area contributed by atoms with Crippen LogP contribution in [-0.4, -0.2) is 69.6 Å². The normalized spacial score (nSPS) is 18.7. The molecule has 1 amide bonds. The van der Waals surface area contributed by atoms with Gasteiger partial charge in [0.25, 0.3) is 21.6 Å². The standard InChI is InChI=1S/C23H28N4O6S/c1-2-26(18-7-4-3-5-8-18)34(31,32)19-10-11-20(21(17-19)27(29)30)24-12-14-25(15-13-24)23(28)22-9-6-16-33-22/h3-5,7-8,10-11,17,22H,2,6,9,12-16H2,1H3. The molecule has 2 heterocycles. The van der Waals surface area contributed by atoms with Gasteiger partial charge in [-0.05, 0) is 44.0 Å². The van der Waals surface area contributed by atoms with E-state index in [0.29, 0.717) is 44.2 Å². The average Bonchev–Trinajstić information content (AvgIpc) is 3.39. The molecule has 2 saturated heterocycles. The molecule has 34 heavy (non-hydrogen) atoms. The van der Waals surface area contributed by atoms with E-state index in [9.17, 15) is 23.3 Å². The van der Waals surface area contributed by atoms with Crippen LogP contribution in [0.15, 0.2) is 53.4 Å². The lowest BCUT2D eigenvalue weighted by atomic mass is 10.2. The second-order valence-electron chi connectivity index (χ2n) is 8.23. The van der Waals surface area contributed by atoms with Crippen LogP contribution < -0.4 is 9.21 Å². The molecule has 1 atom stereocenters. The van der Waals surface area contributed by atoms with Crippen molar-refractivity contribution in [2.24, 2.45) is 0 Å². The topological polar surface area (TPSA) is 113 Å². The summed E-state index contributed by atoms with van der Waals surface area (Å²) in [5.41, 5.74) is 0.559. The summed E-state index contributed by atoms with van der Waals surface area (Å²) in [4.78, 5) is 27.3. The fraction of sp³-hybridized carbons (Fsp3) is 0.435. The van der Waals surface area contributed by atoms with E-state index < -0.39 is 21.1 Å². The van der Waals surface area contributed by atoms with Gasteiger partial charge < -0.3 is 14.5 Å². The van der Waals surface area contributed by atoms with Crippen LogP contribution in [0.25, 0.3) is 0 Å². The lowest BCUT2D eigenvalue weighted by Gasteiger charge is -2.36. The summed E-state index contributed by atoms with van der Waals surface area (Å²) in [5, 5.41) is 11.9. The highest BCUT2D eigenvalue weighted by molar-refractivity contribution is 7.92. The van der Waals surface area contributed by atoms with Crippen molar-refractivity contribution < 1.29 is 22.9 Å². The van der Waals surface area contributed by atoms with Crippen molar-refractivity contribution in [1.82, 2.24) is 4.90 Å². The largest absolute Gasteiger partial charge is 0.368 e. The highest BCUT2D eigenvalue weighted by Gasteiger charge is 2.33. The van der Waals surface area contributed by atoms with Crippen molar-refractivity contribution in [3.8, 4) is 0 Å². The molecule has 0 bridgehead atoms. The second kappa shape index (κ2) is 9.98. The highest BCUT2D eigenvalue weighted by Crippen LogP contribution is 2.33. The fourth-order valence-corrected chi connectivity index (χ4v) is 5.93. The molecular weight excluding hydrogens is 460 g/mol. The summed E-state index contributed by atoms with van der Waals surface area (Å²) in [5.74, 6) is -0.0336. The Hall–Kier alpha value is -3.18. The SMILES string of the molecule is CCN(c1ccccc1)S(=O)(=O)c1ccc(N2CCN(C(=O)C3CCCO3)CC2)c([N+](=O)[O-])c1. The molecule has 11 heteroatoms. The summed E-state index contributed by atoms with van der Waals surface area (Å²) >= 11 is 0. The van der Waals surface area contributed by atoms with Crippen LogP contribution in [0.1, 0.15) is 19.8 Å². The van der Waals surface area contributed by atoms with Crippen LogP contribution in [-0.2, 0) is 19.6 Å². The summed E-state index contributed by atoms with van der Waals surface area (Å²) in [6, 6.07) is 12.7. The quantitative estimate of drug-likeness (QED) is 0.435. The minimum Gasteiger partial charge on any atom is -0.368 e. The molecular formula is C23H28N4O6S. The molecule has 2 aliphatic rings. The van der Waals surface area contributed by atoms with Crippen molar-refractivity contribution in [3.05, 3.63) is 58.6 Å². The third-order valence-corrected chi connectivity index (χ3v) is 8.10. The van der Waals surface area contributed by atoms with E-state index in [-0.39, 0.29) is 23.0 Å². The van der Waals surface area contributed by atoms with Crippen molar-refractivity contribution in [1.29, 1.82) is 0 Å². The van der Waals surface area contributed by atoms with Gasteiger partial charge in [0.15, 0.2) is 0 Å². The zero-order valence-corrected chi connectivity index (χ0v) is 19.8. The monoisotopic (exact) mass is 488 g/mol. The first-order valence-electron chi connectivity index (χ1n) is 11.3. The number of nitrogens with zero attached hydrogens (tertiary/aromatic N) is 4. The fourth-order valence-electron chi connectivity index (χ4n) is 4.43. The molecule has 0 N–H and O–H groups in total. The molecule has 4 rings (SSSR count). The Kier molecular flexibility index (Phi) is 7.03. The molecule has 2 aromatic carbocycles. The van der Waals surface area contributed by atoms with Gasteiger partial charge in [0.05, 0.1) is 15.5 Å². The van der Waals surface area contributed by atoms with Crippen LogP contribution in [0.4, 0.5) is 17.1 Å². The van der Waals surface area contributed by atoms with Crippen LogP contribution in [0, 0.1) is 10.1 Å². The van der Waals surface area contributed by atoms with Crippen LogP contribution >= 0.6 is 0 Å². The van der Waals surface area contributed by atoms with E-state index in [0.717, 1.165) is 18.9 Å². The maximum absolute atomic E-state index is 13.3. The Morgan fingerprint density at radius 2 is 1.85 bits per heavy atom. The first-order valence-corrected chi connectivity index (χ1v) is 12.8. The van der Waals surface area contributed by atoms with Crippen molar-refractivity contribution >= 4 is 33.0 Å². The van der Waals surface area contributed by atoms with Crippen LogP contribution in [0.5, 0.6) is 0 Å². The van der Waals surface area contributed by atoms with Crippen molar-refractivity contribution in [2.45, 2.75) is 30.8 Å². The van der Waals surface area contributed by atoms with Crippen LogP contribution in [0.2, 0.25) is 0 Å². The Morgan fingerprint density at radius 1 is 1.15 bits per heavy atom. The van der Waals surface area contributed by atoms with Gasteiger partial charge in [-0.2, -0.15) is 0 Å². The van der Waals surface area contributed by atoms with Crippen molar-refractivity contribution in [2.75, 3.05) is 48.5 Å². The van der Waals surface area contributed by atoms with E-state index in [4.69, 9.17) is 4.74 Å². The van der Waals surface area contributed by atoms with Gasteiger partial charge in [0.2, 0.25) is 0 Å². The second-order valence-corrected chi connectivity index (χ2v) is 10.1. The van der Waals surface area contributed by atoms with E-state index >= 15 is 0 Å². The minimum atomic E-state index is -3.99. The molecule has 2 aromatic rings. The number of anilines is 2. The number of piperazine rings is 1. The Bertz CT molecular complexity index is 1140. The number of carbonyl (C=O) groups is 1. The number of amides is 1. The zero-order valence-electron chi connectivity index (χ0n) is 19.0. The third kappa shape index (κ3) is 4.71. The van der Waals surface area contributed by atoms with Gasteiger partial charge in [-0.25, -0.2) is 8.42 Å². The summed E-state index contributed by atoms with van der Waals surface area (Å²) in [6.45, 7) is 4.17. The summed E-state index contributed by atoms with van der Waals surface area (Å²) in [6.07, 6.45) is 1.20. The Morgan fingerprint density at radius 3 is 2.44 bits per heavy atom. The van der Waals surface area contributed by atoms with Gasteiger partial charge >= 0.3 is 0 Å².